The van der Waals surface area contributed by atoms with Crippen molar-refractivity contribution in [2.75, 3.05) is 11.4 Å². The molecule has 0 saturated heterocycles. The largest absolute Gasteiger partial charge is 0.344 e. The molecular formula is C18H25N. The Kier molecular flexibility index (Phi) is 4.14. The fourth-order valence-electron chi connectivity index (χ4n) is 3.01. The Morgan fingerprint density at radius 3 is 2.63 bits per heavy atom. The van der Waals surface area contributed by atoms with Crippen LogP contribution in [0.4, 0.5) is 5.69 Å². The lowest BCUT2D eigenvalue weighted by molar-refractivity contribution is 0.619. The molecule has 0 fully saturated rings. The monoisotopic (exact) mass is 255 g/mol. The van der Waals surface area contributed by atoms with Gasteiger partial charge in [0.15, 0.2) is 0 Å². The molecule has 102 valence electrons. The van der Waals surface area contributed by atoms with E-state index in [1.165, 1.54) is 36.2 Å². The second-order valence-corrected chi connectivity index (χ2v) is 5.79. The van der Waals surface area contributed by atoms with Crippen LogP contribution in [0.2, 0.25) is 0 Å². The summed E-state index contributed by atoms with van der Waals surface area (Å²) in [6, 6.07) is 8.78. The summed E-state index contributed by atoms with van der Waals surface area (Å²) in [5.41, 5.74) is 4.26. The third-order valence-corrected chi connectivity index (χ3v) is 4.06. The molecule has 0 bridgehead atoms. The van der Waals surface area contributed by atoms with Crippen molar-refractivity contribution in [3.63, 3.8) is 0 Å². The third kappa shape index (κ3) is 2.47. The van der Waals surface area contributed by atoms with Crippen LogP contribution < -0.4 is 4.90 Å². The topological polar surface area (TPSA) is 3.24 Å². The number of hydrogen-bond acceptors (Lipinski definition) is 1. The zero-order chi connectivity index (χ0) is 13.9. The maximum Gasteiger partial charge on any atom is 0.0450 e. The fourth-order valence-corrected chi connectivity index (χ4v) is 3.01. The van der Waals surface area contributed by atoms with Crippen molar-refractivity contribution in [2.45, 2.75) is 45.4 Å². The average Bonchev–Trinajstić information content (AvgIpc) is 2.61. The van der Waals surface area contributed by atoms with Crippen LogP contribution in [0.3, 0.4) is 0 Å². The summed E-state index contributed by atoms with van der Waals surface area (Å²) >= 11 is 0. The number of unbranched alkanes of at least 4 members (excludes halogenated alkanes) is 2. The van der Waals surface area contributed by atoms with Crippen LogP contribution in [0.5, 0.6) is 0 Å². The lowest BCUT2D eigenvalue weighted by Crippen LogP contribution is -2.26. The zero-order valence-corrected chi connectivity index (χ0v) is 12.4. The van der Waals surface area contributed by atoms with Crippen molar-refractivity contribution in [3.8, 4) is 0 Å². The fraction of sp³-hybridized carbons (Fsp3) is 0.444. The van der Waals surface area contributed by atoms with Gasteiger partial charge in [-0.15, -0.1) is 0 Å². The number of benzene rings is 1. The number of rotatable bonds is 5. The van der Waals surface area contributed by atoms with Crippen molar-refractivity contribution in [1.82, 2.24) is 0 Å². The number of para-hydroxylation sites is 1. The molecule has 0 atom stereocenters. The normalized spacial score (nSPS) is 18.7. The molecule has 0 aliphatic carbocycles. The van der Waals surface area contributed by atoms with Crippen LogP contribution in [0.15, 0.2) is 48.7 Å². The molecule has 1 heteroatoms. The summed E-state index contributed by atoms with van der Waals surface area (Å²) in [5.74, 6) is 0. The summed E-state index contributed by atoms with van der Waals surface area (Å²) in [4.78, 5) is 2.48. The van der Waals surface area contributed by atoms with Gasteiger partial charge in [0.05, 0.1) is 0 Å². The van der Waals surface area contributed by atoms with Crippen molar-refractivity contribution >= 4 is 5.69 Å². The number of hydrogen-bond donors (Lipinski definition) is 0. The molecule has 2 rings (SSSR count). The van der Waals surface area contributed by atoms with Crippen molar-refractivity contribution in [1.29, 1.82) is 0 Å². The minimum atomic E-state index is 0.0804. The highest BCUT2D eigenvalue weighted by atomic mass is 15.2. The van der Waals surface area contributed by atoms with E-state index in [9.17, 15) is 0 Å². The Morgan fingerprint density at radius 1 is 1.21 bits per heavy atom. The van der Waals surface area contributed by atoms with Crippen molar-refractivity contribution in [3.05, 3.63) is 54.3 Å². The number of fused-ring (bicyclic) bond motifs is 1. The molecule has 0 unspecified atom stereocenters. The van der Waals surface area contributed by atoms with Gasteiger partial charge in [-0.3, -0.25) is 0 Å². The molecule has 1 nitrogen and oxygen atoms in total. The predicted octanol–water partition coefficient (Wildman–Crippen LogP) is 5.04. The van der Waals surface area contributed by atoms with Gasteiger partial charge in [0.25, 0.3) is 0 Å². The summed E-state index contributed by atoms with van der Waals surface area (Å²) in [6.45, 7) is 11.9. The van der Waals surface area contributed by atoms with Crippen LogP contribution in [0.1, 0.15) is 45.6 Å². The highest BCUT2D eigenvalue weighted by Gasteiger charge is 2.38. The molecule has 0 radical (unpaired) electrons. The molecule has 1 aliphatic rings. The number of allylic oxidation sites excluding steroid dienone is 3. The number of nitrogens with zero attached hydrogens (tertiary/aromatic N) is 1. The molecule has 0 amide bonds. The molecule has 0 spiro atoms. The van der Waals surface area contributed by atoms with E-state index in [-0.39, 0.29) is 5.41 Å². The van der Waals surface area contributed by atoms with Crippen molar-refractivity contribution < 1.29 is 0 Å². The van der Waals surface area contributed by atoms with E-state index in [2.05, 4.69) is 62.6 Å². The second kappa shape index (κ2) is 5.64. The van der Waals surface area contributed by atoms with E-state index in [0.717, 1.165) is 6.54 Å². The highest BCUT2D eigenvalue weighted by molar-refractivity contribution is 5.70. The minimum absolute atomic E-state index is 0.0804. The Morgan fingerprint density at radius 2 is 1.95 bits per heavy atom. The lowest BCUT2D eigenvalue weighted by Gasteiger charge is -2.27. The van der Waals surface area contributed by atoms with E-state index >= 15 is 0 Å². The molecule has 1 aliphatic heterocycles. The third-order valence-electron chi connectivity index (χ3n) is 4.06. The van der Waals surface area contributed by atoms with Gasteiger partial charge in [-0.05, 0) is 24.1 Å². The van der Waals surface area contributed by atoms with Crippen LogP contribution in [-0.4, -0.2) is 6.54 Å². The van der Waals surface area contributed by atoms with Gasteiger partial charge >= 0.3 is 0 Å². The Hall–Kier alpha value is -1.50. The molecule has 0 N–H and O–H groups in total. The van der Waals surface area contributed by atoms with Gasteiger partial charge in [-0.25, -0.2) is 0 Å². The average molecular weight is 255 g/mol. The summed E-state index contributed by atoms with van der Waals surface area (Å²) in [6.07, 6.45) is 7.89. The van der Waals surface area contributed by atoms with E-state index in [4.69, 9.17) is 0 Å². The van der Waals surface area contributed by atoms with Gasteiger partial charge in [-0.2, -0.15) is 0 Å². The maximum atomic E-state index is 3.88. The Bertz CT molecular complexity index is 482. The lowest BCUT2D eigenvalue weighted by atomic mass is 9.84. The summed E-state index contributed by atoms with van der Waals surface area (Å²) in [5, 5.41) is 0. The molecule has 0 saturated carbocycles. The van der Waals surface area contributed by atoms with Gasteiger partial charge in [0.2, 0.25) is 0 Å². The zero-order valence-electron chi connectivity index (χ0n) is 12.4. The maximum absolute atomic E-state index is 3.88. The van der Waals surface area contributed by atoms with Crippen LogP contribution in [-0.2, 0) is 5.41 Å². The van der Waals surface area contributed by atoms with E-state index in [1.807, 2.05) is 6.08 Å². The van der Waals surface area contributed by atoms with Gasteiger partial charge in [0, 0.05) is 23.3 Å². The summed E-state index contributed by atoms with van der Waals surface area (Å²) < 4.78 is 0. The molecule has 0 aromatic heterocycles. The molecular weight excluding hydrogens is 230 g/mol. The van der Waals surface area contributed by atoms with Gasteiger partial charge in [0.1, 0.15) is 0 Å². The summed E-state index contributed by atoms with van der Waals surface area (Å²) in [7, 11) is 0. The SMILES string of the molecule is C=C/C=C1/N(CCCCC)c2ccccc2C1(C)C. The molecule has 1 aromatic carbocycles. The van der Waals surface area contributed by atoms with E-state index in [0.29, 0.717) is 0 Å². The van der Waals surface area contributed by atoms with Crippen molar-refractivity contribution in [2.24, 2.45) is 0 Å². The smallest absolute Gasteiger partial charge is 0.0450 e. The van der Waals surface area contributed by atoms with Gasteiger partial charge < -0.3 is 4.90 Å². The van der Waals surface area contributed by atoms with Crippen LogP contribution in [0.25, 0.3) is 0 Å². The molecule has 1 aromatic rings. The molecule has 19 heavy (non-hydrogen) atoms. The highest BCUT2D eigenvalue weighted by Crippen LogP contribution is 2.47. The minimum Gasteiger partial charge on any atom is -0.344 e. The van der Waals surface area contributed by atoms with Crippen LogP contribution in [0, 0.1) is 0 Å². The standard InChI is InChI=1S/C18H25N/c1-5-7-10-14-19-16-13-9-8-12-15(16)18(3,4)17(19)11-6-2/h6,8-9,11-13H,2,5,7,10,14H2,1,3-4H3/b17-11+. The van der Waals surface area contributed by atoms with Gasteiger partial charge in [-0.1, -0.05) is 64.5 Å². The second-order valence-electron chi connectivity index (χ2n) is 5.79. The first kappa shape index (κ1) is 13.9. The Balaban J connectivity index is 2.38. The quantitative estimate of drug-likeness (QED) is 0.666. The molecule has 1 heterocycles. The first-order valence-electron chi connectivity index (χ1n) is 7.33. The van der Waals surface area contributed by atoms with Crippen LogP contribution >= 0.6 is 0 Å². The van der Waals surface area contributed by atoms with E-state index < -0.39 is 0 Å². The Labute approximate surface area is 117 Å². The predicted molar refractivity (Wildman–Crippen MR) is 84.6 cm³/mol. The first-order chi connectivity index (χ1) is 9.12. The first-order valence-corrected chi connectivity index (χ1v) is 7.33. The van der Waals surface area contributed by atoms with E-state index in [1.54, 1.807) is 0 Å². The number of anilines is 1.